The predicted molar refractivity (Wildman–Crippen MR) is 95.7 cm³/mol. The molecule has 4 amide bonds. The van der Waals surface area contributed by atoms with Gasteiger partial charge < -0.3 is 24.8 Å². The third kappa shape index (κ3) is 4.00. The fourth-order valence-corrected chi connectivity index (χ4v) is 2.75. The number of imide groups is 1. The second kappa shape index (κ2) is 7.37. The van der Waals surface area contributed by atoms with Crippen molar-refractivity contribution >= 4 is 29.5 Å². The average molecular weight is 391 g/mol. The summed E-state index contributed by atoms with van der Waals surface area (Å²) < 4.78 is 15.5. The van der Waals surface area contributed by atoms with Crippen molar-refractivity contribution in [1.29, 1.82) is 0 Å². The first-order chi connectivity index (χ1) is 13.2. The van der Waals surface area contributed by atoms with Crippen LogP contribution in [-0.2, 0) is 19.1 Å². The number of carbonyl (C=O) groups excluding carboxylic acids is 4. The summed E-state index contributed by atoms with van der Waals surface area (Å²) in [7, 11) is 0. The van der Waals surface area contributed by atoms with E-state index in [1.54, 1.807) is 32.0 Å². The van der Waals surface area contributed by atoms with Crippen LogP contribution in [0.4, 0.5) is 10.5 Å². The first kappa shape index (κ1) is 19.5. The topological polar surface area (TPSA) is 123 Å². The van der Waals surface area contributed by atoms with Crippen molar-refractivity contribution in [2.45, 2.75) is 38.8 Å². The van der Waals surface area contributed by atoms with Crippen molar-refractivity contribution in [3.8, 4) is 11.5 Å². The van der Waals surface area contributed by atoms with Gasteiger partial charge in [0.1, 0.15) is 5.54 Å². The van der Waals surface area contributed by atoms with Gasteiger partial charge in [-0.05, 0) is 32.9 Å². The zero-order valence-corrected chi connectivity index (χ0v) is 15.7. The molecular weight excluding hydrogens is 370 g/mol. The van der Waals surface area contributed by atoms with Gasteiger partial charge in [0.15, 0.2) is 17.6 Å². The van der Waals surface area contributed by atoms with Gasteiger partial charge in [-0.3, -0.25) is 19.3 Å². The maximum atomic E-state index is 12.2. The molecule has 1 fully saturated rings. The monoisotopic (exact) mass is 391 g/mol. The van der Waals surface area contributed by atoms with Crippen LogP contribution >= 0.6 is 0 Å². The molecule has 0 bridgehead atoms. The van der Waals surface area contributed by atoms with Gasteiger partial charge in [-0.15, -0.1) is 0 Å². The molecule has 3 rings (SSSR count). The molecule has 2 aliphatic heterocycles. The minimum atomic E-state index is -1.06. The zero-order chi connectivity index (χ0) is 20.5. The molecule has 1 aromatic rings. The second-order valence-corrected chi connectivity index (χ2v) is 6.95. The van der Waals surface area contributed by atoms with E-state index in [2.05, 4.69) is 10.6 Å². The van der Waals surface area contributed by atoms with Gasteiger partial charge in [-0.2, -0.15) is 0 Å². The number of ether oxygens (including phenoxy) is 3. The summed E-state index contributed by atoms with van der Waals surface area (Å²) in [6.07, 6.45) is -1.27. The van der Waals surface area contributed by atoms with Crippen LogP contribution < -0.4 is 20.1 Å². The summed E-state index contributed by atoms with van der Waals surface area (Å²) in [5, 5.41) is 5.14. The normalized spacial score (nSPS) is 17.9. The molecule has 0 unspecified atom stereocenters. The maximum Gasteiger partial charge on any atom is 0.325 e. The van der Waals surface area contributed by atoms with Gasteiger partial charge in [0.25, 0.3) is 11.8 Å². The summed E-state index contributed by atoms with van der Waals surface area (Å²) in [5.74, 6) is -0.541. The molecule has 2 heterocycles. The summed E-state index contributed by atoms with van der Waals surface area (Å²) in [6.45, 7) is 4.58. The van der Waals surface area contributed by atoms with E-state index < -0.39 is 35.5 Å². The minimum absolute atomic E-state index is 0.121. The largest absolute Gasteiger partial charge is 0.454 e. The van der Waals surface area contributed by atoms with Crippen molar-refractivity contribution < 1.29 is 33.4 Å². The number of anilines is 1. The van der Waals surface area contributed by atoms with Crippen molar-refractivity contribution in [3.63, 3.8) is 0 Å². The van der Waals surface area contributed by atoms with E-state index in [1.807, 2.05) is 0 Å². The molecule has 28 heavy (non-hydrogen) atoms. The first-order valence-electron chi connectivity index (χ1n) is 8.71. The van der Waals surface area contributed by atoms with Crippen molar-refractivity contribution in [1.82, 2.24) is 10.2 Å². The van der Waals surface area contributed by atoms with E-state index in [4.69, 9.17) is 14.2 Å². The van der Waals surface area contributed by atoms with E-state index in [9.17, 15) is 19.2 Å². The van der Waals surface area contributed by atoms with Crippen molar-refractivity contribution in [3.05, 3.63) is 18.2 Å². The Kier molecular flexibility index (Phi) is 5.12. The van der Waals surface area contributed by atoms with Gasteiger partial charge >= 0.3 is 12.0 Å². The summed E-state index contributed by atoms with van der Waals surface area (Å²) in [5.41, 5.74) is -0.530. The molecule has 2 aliphatic rings. The molecule has 10 heteroatoms. The van der Waals surface area contributed by atoms with Crippen LogP contribution in [0.3, 0.4) is 0 Å². The Morgan fingerprint density at radius 2 is 2.00 bits per heavy atom. The fraction of sp³-hybridized carbons (Fsp3) is 0.444. The maximum absolute atomic E-state index is 12.2. The fourth-order valence-electron chi connectivity index (χ4n) is 2.75. The highest BCUT2D eigenvalue weighted by Gasteiger charge is 2.44. The van der Waals surface area contributed by atoms with E-state index in [0.717, 1.165) is 4.90 Å². The number of benzene rings is 1. The number of carbonyl (C=O) groups is 4. The van der Waals surface area contributed by atoms with Gasteiger partial charge in [0, 0.05) is 18.3 Å². The van der Waals surface area contributed by atoms with E-state index in [-0.39, 0.29) is 19.8 Å². The minimum Gasteiger partial charge on any atom is -0.454 e. The lowest BCUT2D eigenvalue weighted by Gasteiger charge is -2.17. The molecule has 150 valence electrons. The van der Waals surface area contributed by atoms with E-state index >= 15 is 0 Å². The standard InChI is InChI=1S/C18H21N3O7/c1-10(15(23)19-11-4-5-12-13(8-11)27-9-26-12)28-14(22)6-7-21-16(24)18(2,3)20-17(21)25/h4-5,8,10H,6-7,9H2,1-3H3,(H,19,23)(H,20,25)/t10-/m0/s1. The van der Waals surface area contributed by atoms with Gasteiger partial charge in [0.05, 0.1) is 6.42 Å². The number of nitrogens with zero attached hydrogens (tertiary/aromatic N) is 1. The number of rotatable bonds is 6. The Bertz CT molecular complexity index is 836. The van der Waals surface area contributed by atoms with Crippen LogP contribution in [-0.4, -0.2) is 53.7 Å². The summed E-state index contributed by atoms with van der Waals surface area (Å²) in [4.78, 5) is 49.0. The first-order valence-corrected chi connectivity index (χ1v) is 8.71. The molecule has 0 spiro atoms. The molecule has 1 aromatic carbocycles. The number of amides is 4. The van der Waals surface area contributed by atoms with Crippen LogP contribution in [0.1, 0.15) is 27.2 Å². The quantitative estimate of drug-likeness (QED) is 0.548. The molecule has 0 aliphatic carbocycles. The SMILES string of the molecule is C[C@H](OC(=O)CCN1C(=O)NC(C)(C)C1=O)C(=O)Nc1ccc2c(c1)OCO2. The van der Waals surface area contributed by atoms with E-state index in [1.165, 1.54) is 6.92 Å². The highest BCUT2D eigenvalue weighted by Crippen LogP contribution is 2.34. The van der Waals surface area contributed by atoms with E-state index in [0.29, 0.717) is 17.2 Å². The lowest BCUT2D eigenvalue weighted by atomic mass is 10.1. The van der Waals surface area contributed by atoms with Crippen LogP contribution in [0.5, 0.6) is 11.5 Å². The van der Waals surface area contributed by atoms with Crippen LogP contribution in [0.15, 0.2) is 18.2 Å². The van der Waals surface area contributed by atoms with Crippen molar-refractivity contribution in [2.24, 2.45) is 0 Å². The third-order valence-electron chi connectivity index (χ3n) is 4.30. The number of fused-ring (bicyclic) bond motifs is 1. The molecule has 0 aromatic heterocycles. The lowest BCUT2D eigenvalue weighted by Crippen LogP contribution is -2.40. The number of esters is 1. The predicted octanol–water partition coefficient (Wildman–Crippen LogP) is 1.01. The van der Waals surface area contributed by atoms with Crippen LogP contribution in [0.2, 0.25) is 0 Å². The second-order valence-electron chi connectivity index (χ2n) is 6.95. The highest BCUT2D eigenvalue weighted by atomic mass is 16.7. The Morgan fingerprint density at radius 1 is 1.29 bits per heavy atom. The lowest BCUT2D eigenvalue weighted by molar-refractivity contribution is -0.153. The van der Waals surface area contributed by atoms with Crippen molar-refractivity contribution in [2.75, 3.05) is 18.7 Å². The molecule has 0 saturated carbocycles. The number of nitrogens with one attached hydrogen (secondary N) is 2. The summed E-state index contributed by atoms with van der Waals surface area (Å²) >= 11 is 0. The number of urea groups is 1. The molecule has 10 nitrogen and oxygen atoms in total. The molecule has 1 atom stereocenters. The van der Waals surface area contributed by atoms with Gasteiger partial charge in [0.2, 0.25) is 6.79 Å². The zero-order valence-electron chi connectivity index (χ0n) is 15.7. The molecule has 0 radical (unpaired) electrons. The Balaban J connectivity index is 1.48. The Morgan fingerprint density at radius 3 is 2.68 bits per heavy atom. The third-order valence-corrected chi connectivity index (χ3v) is 4.30. The number of hydrogen-bond acceptors (Lipinski definition) is 7. The molecule has 2 N–H and O–H groups in total. The van der Waals surface area contributed by atoms with Crippen LogP contribution in [0, 0.1) is 0 Å². The molecular formula is C18H21N3O7. The van der Waals surface area contributed by atoms with Gasteiger partial charge in [-0.1, -0.05) is 0 Å². The summed E-state index contributed by atoms with van der Waals surface area (Å²) in [6, 6.07) is 4.35. The smallest absolute Gasteiger partial charge is 0.325 e. The van der Waals surface area contributed by atoms with Gasteiger partial charge in [-0.25, -0.2) is 4.79 Å². The number of hydrogen-bond donors (Lipinski definition) is 2. The molecule has 1 saturated heterocycles. The van der Waals surface area contributed by atoms with Crippen LogP contribution in [0.25, 0.3) is 0 Å². The average Bonchev–Trinajstić information content (AvgIpc) is 3.15. The Hall–Kier alpha value is -3.30. The Labute approximate surface area is 161 Å². The highest BCUT2D eigenvalue weighted by molar-refractivity contribution is 6.06.